The lowest BCUT2D eigenvalue weighted by atomic mass is 9.93. The summed E-state index contributed by atoms with van der Waals surface area (Å²) in [5, 5.41) is 21.8. The minimum absolute atomic E-state index is 0.148. The maximum absolute atomic E-state index is 9.57. The van der Waals surface area contributed by atoms with Crippen LogP contribution in [0.5, 0.6) is 0 Å². The summed E-state index contributed by atoms with van der Waals surface area (Å²) < 4.78 is 0. The van der Waals surface area contributed by atoms with Crippen LogP contribution in [0, 0.1) is 11.3 Å². The minimum atomic E-state index is -0.656. The molecule has 0 spiro atoms. The zero-order chi connectivity index (χ0) is 13.3. The first-order chi connectivity index (χ1) is 8.79. The van der Waals surface area contributed by atoms with Gasteiger partial charge in [0.15, 0.2) is 0 Å². The van der Waals surface area contributed by atoms with E-state index in [-0.39, 0.29) is 6.61 Å². The van der Waals surface area contributed by atoms with Crippen LogP contribution in [0.3, 0.4) is 0 Å². The second-order valence-corrected chi connectivity index (χ2v) is 5.19. The van der Waals surface area contributed by atoms with Crippen LogP contribution >= 0.6 is 11.8 Å². The normalized spacial score (nSPS) is 13.8. The smallest absolute Gasteiger partial charge is 0.141 e. The summed E-state index contributed by atoms with van der Waals surface area (Å²) in [6.45, 7) is 3.04. The number of hydrogen-bond donors (Lipinski definition) is 2. The van der Waals surface area contributed by atoms with Gasteiger partial charge in [0.25, 0.3) is 0 Å². The van der Waals surface area contributed by atoms with E-state index in [1.165, 1.54) is 0 Å². The number of thioether (sulfide) groups is 1. The highest BCUT2D eigenvalue weighted by Crippen LogP contribution is 2.25. The van der Waals surface area contributed by atoms with Gasteiger partial charge in [-0.1, -0.05) is 37.3 Å². The van der Waals surface area contributed by atoms with Crippen molar-refractivity contribution < 1.29 is 5.11 Å². The summed E-state index contributed by atoms with van der Waals surface area (Å²) in [5.74, 6) is 1.30. The van der Waals surface area contributed by atoms with Crippen LogP contribution < -0.4 is 5.32 Å². The van der Waals surface area contributed by atoms with Crippen molar-refractivity contribution >= 4 is 11.8 Å². The molecule has 0 aliphatic heterocycles. The second-order valence-electron chi connectivity index (χ2n) is 4.09. The first-order valence-corrected chi connectivity index (χ1v) is 7.35. The van der Waals surface area contributed by atoms with Gasteiger partial charge in [-0.2, -0.15) is 17.0 Å². The van der Waals surface area contributed by atoms with Gasteiger partial charge in [0.2, 0.25) is 0 Å². The van der Waals surface area contributed by atoms with Crippen molar-refractivity contribution in [1.82, 2.24) is 5.32 Å². The van der Waals surface area contributed by atoms with E-state index in [0.717, 1.165) is 18.5 Å². The van der Waals surface area contributed by atoms with Gasteiger partial charge in [-0.15, -0.1) is 0 Å². The van der Waals surface area contributed by atoms with Crippen molar-refractivity contribution in [2.75, 3.05) is 24.7 Å². The first kappa shape index (κ1) is 15.0. The van der Waals surface area contributed by atoms with Crippen LogP contribution in [0.15, 0.2) is 30.3 Å². The number of aliphatic hydroxyl groups is 1. The van der Waals surface area contributed by atoms with E-state index in [2.05, 4.69) is 18.3 Å². The topological polar surface area (TPSA) is 56.0 Å². The Bertz CT molecular complexity index is 377. The van der Waals surface area contributed by atoms with Crippen molar-refractivity contribution in [3.63, 3.8) is 0 Å². The van der Waals surface area contributed by atoms with E-state index in [4.69, 9.17) is 5.11 Å². The van der Waals surface area contributed by atoms with E-state index in [9.17, 15) is 5.26 Å². The summed E-state index contributed by atoms with van der Waals surface area (Å²) >= 11 is 1.60. The molecule has 0 radical (unpaired) electrons. The van der Waals surface area contributed by atoms with Gasteiger partial charge in [-0.3, -0.25) is 5.32 Å². The molecule has 1 atom stereocenters. The van der Waals surface area contributed by atoms with Crippen molar-refractivity contribution in [2.24, 2.45) is 0 Å². The van der Waals surface area contributed by atoms with Gasteiger partial charge in [0, 0.05) is 11.5 Å². The quantitative estimate of drug-likeness (QED) is 0.706. The Morgan fingerprint density at radius 2 is 2.11 bits per heavy atom. The zero-order valence-corrected chi connectivity index (χ0v) is 11.5. The van der Waals surface area contributed by atoms with Gasteiger partial charge < -0.3 is 5.11 Å². The van der Waals surface area contributed by atoms with E-state index < -0.39 is 5.54 Å². The second kappa shape index (κ2) is 8.15. The number of nitriles is 1. The predicted octanol–water partition coefficient (Wildman–Crippen LogP) is 2.13. The molecule has 0 bridgehead atoms. The van der Waals surface area contributed by atoms with Crippen molar-refractivity contribution in [3.8, 4) is 6.07 Å². The third-order valence-corrected chi connectivity index (χ3v) is 3.80. The van der Waals surface area contributed by atoms with Gasteiger partial charge in [0.05, 0.1) is 12.7 Å². The molecule has 2 N–H and O–H groups in total. The molecule has 1 aromatic carbocycles. The third kappa shape index (κ3) is 4.02. The molecule has 18 heavy (non-hydrogen) atoms. The van der Waals surface area contributed by atoms with E-state index in [1.54, 1.807) is 11.8 Å². The summed E-state index contributed by atoms with van der Waals surface area (Å²) in [5.41, 5.74) is 0.336. The molecule has 1 unspecified atom stereocenters. The van der Waals surface area contributed by atoms with Crippen LogP contribution in [0.25, 0.3) is 0 Å². The molecular weight excluding hydrogens is 244 g/mol. The fourth-order valence-electron chi connectivity index (χ4n) is 1.72. The molecule has 0 aromatic heterocycles. The SMILES string of the molecule is CCCNC(C#N)(CSCCO)c1ccccc1. The molecule has 0 saturated carbocycles. The molecule has 0 amide bonds. The van der Waals surface area contributed by atoms with Crippen molar-refractivity contribution in [1.29, 1.82) is 5.26 Å². The van der Waals surface area contributed by atoms with Crippen molar-refractivity contribution in [2.45, 2.75) is 18.9 Å². The fraction of sp³-hybridized carbons (Fsp3) is 0.500. The number of nitrogens with one attached hydrogen (secondary N) is 1. The zero-order valence-electron chi connectivity index (χ0n) is 10.7. The Morgan fingerprint density at radius 3 is 2.67 bits per heavy atom. The molecule has 0 aliphatic rings. The molecule has 0 fully saturated rings. The summed E-state index contributed by atoms with van der Waals surface area (Å²) in [6, 6.07) is 12.2. The molecule has 1 aromatic rings. The lowest BCUT2D eigenvalue weighted by molar-refractivity contribution is 0.322. The number of nitrogens with zero attached hydrogens (tertiary/aromatic N) is 1. The highest BCUT2D eigenvalue weighted by molar-refractivity contribution is 7.99. The maximum atomic E-state index is 9.57. The molecule has 3 nitrogen and oxygen atoms in total. The largest absolute Gasteiger partial charge is 0.396 e. The monoisotopic (exact) mass is 264 g/mol. The molecular formula is C14H20N2OS. The average molecular weight is 264 g/mol. The molecule has 0 saturated heterocycles. The molecule has 98 valence electrons. The average Bonchev–Trinajstić information content (AvgIpc) is 2.44. The molecule has 0 heterocycles. The van der Waals surface area contributed by atoms with Crippen LogP contribution in [0.1, 0.15) is 18.9 Å². The van der Waals surface area contributed by atoms with E-state index in [1.807, 2.05) is 30.3 Å². The Balaban J connectivity index is 2.88. The molecule has 4 heteroatoms. The van der Waals surface area contributed by atoms with Crippen LogP contribution in [0.4, 0.5) is 0 Å². The Hall–Kier alpha value is -1.02. The van der Waals surface area contributed by atoms with Crippen LogP contribution in [0.2, 0.25) is 0 Å². The fourth-order valence-corrected chi connectivity index (χ4v) is 2.64. The highest BCUT2D eigenvalue weighted by atomic mass is 32.2. The van der Waals surface area contributed by atoms with Gasteiger partial charge >= 0.3 is 0 Å². The predicted molar refractivity (Wildman–Crippen MR) is 76.4 cm³/mol. The van der Waals surface area contributed by atoms with Gasteiger partial charge in [0.1, 0.15) is 5.54 Å². The van der Waals surface area contributed by atoms with E-state index in [0.29, 0.717) is 11.5 Å². The van der Waals surface area contributed by atoms with E-state index >= 15 is 0 Å². The lowest BCUT2D eigenvalue weighted by Gasteiger charge is -2.28. The summed E-state index contributed by atoms with van der Waals surface area (Å²) in [4.78, 5) is 0. The number of hydrogen-bond acceptors (Lipinski definition) is 4. The molecule has 0 aliphatic carbocycles. The summed E-state index contributed by atoms with van der Waals surface area (Å²) in [6.07, 6.45) is 0.987. The first-order valence-electron chi connectivity index (χ1n) is 6.19. The van der Waals surface area contributed by atoms with Crippen LogP contribution in [-0.2, 0) is 5.54 Å². The van der Waals surface area contributed by atoms with Gasteiger partial charge in [-0.25, -0.2) is 0 Å². The Labute approximate surface area is 113 Å². The Morgan fingerprint density at radius 1 is 1.39 bits per heavy atom. The number of aliphatic hydroxyl groups excluding tert-OH is 1. The summed E-state index contributed by atoms with van der Waals surface area (Å²) in [7, 11) is 0. The third-order valence-electron chi connectivity index (χ3n) is 2.69. The van der Waals surface area contributed by atoms with Crippen molar-refractivity contribution in [3.05, 3.63) is 35.9 Å². The number of rotatable bonds is 8. The molecule has 1 rings (SSSR count). The standard InChI is InChI=1S/C14H20N2OS/c1-2-8-16-14(11-15,12-18-10-9-17)13-6-4-3-5-7-13/h3-7,16-17H,2,8-10,12H2,1H3. The lowest BCUT2D eigenvalue weighted by Crippen LogP contribution is -2.44. The van der Waals surface area contributed by atoms with Crippen LogP contribution in [-0.4, -0.2) is 29.8 Å². The minimum Gasteiger partial charge on any atom is -0.396 e. The maximum Gasteiger partial charge on any atom is 0.141 e. The van der Waals surface area contributed by atoms with Gasteiger partial charge in [-0.05, 0) is 18.5 Å². The highest BCUT2D eigenvalue weighted by Gasteiger charge is 2.31. The number of benzene rings is 1. The Kier molecular flexibility index (Phi) is 6.81.